The molecule has 0 saturated heterocycles. The molecule has 2 N–H and O–H groups in total. The first-order chi connectivity index (χ1) is 12.2. The van der Waals surface area contributed by atoms with Crippen molar-refractivity contribution in [3.05, 3.63) is 83.3 Å². The largest absolute Gasteiger partial charge is 0.506 e. The fraction of sp³-hybridized carbons (Fsp3) is 0. The van der Waals surface area contributed by atoms with Crippen LogP contribution in [0.5, 0.6) is 5.75 Å². The maximum Gasteiger partial charge on any atom is 0.296 e. The van der Waals surface area contributed by atoms with Crippen molar-refractivity contribution in [1.82, 2.24) is 9.71 Å². The molecule has 0 radical (unpaired) electrons. The molecular weight excluding hydrogens is 316 g/mol. The van der Waals surface area contributed by atoms with Crippen LogP contribution in [0.15, 0.2) is 77.7 Å². The van der Waals surface area contributed by atoms with Crippen molar-refractivity contribution >= 4 is 11.0 Å². The van der Waals surface area contributed by atoms with Gasteiger partial charge in [-0.25, -0.2) is 4.98 Å². The Balaban J connectivity index is 2.04. The van der Waals surface area contributed by atoms with Gasteiger partial charge in [0.2, 0.25) is 0 Å². The third-order valence-electron chi connectivity index (χ3n) is 4.14. The van der Waals surface area contributed by atoms with E-state index in [2.05, 4.69) is 4.98 Å². The Hall–Kier alpha value is -3.60. The molecule has 122 valence electrons. The maximum absolute atomic E-state index is 12.5. The van der Waals surface area contributed by atoms with Gasteiger partial charge in [0.25, 0.3) is 5.56 Å². The highest BCUT2D eigenvalue weighted by molar-refractivity contribution is 5.92. The first-order valence-corrected chi connectivity index (χ1v) is 7.74. The quantitative estimate of drug-likeness (QED) is 0.550. The molecule has 4 rings (SSSR count). The lowest BCUT2D eigenvalue weighted by Crippen LogP contribution is -2.21. The van der Waals surface area contributed by atoms with Gasteiger partial charge in [0.05, 0.1) is 10.9 Å². The SMILES string of the molecule is O=c1c(-c2ccccc2)c(O)c2cc(-c3ccccc3)cnc2n1O. The zero-order chi connectivity index (χ0) is 17.4. The maximum atomic E-state index is 12.5. The number of fused-ring (bicyclic) bond motifs is 1. The molecule has 0 aliphatic rings. The first-order valence-electron chi connectivity index (χ1n) is 7.74. The van der Waals surface area contributed by atoms with Gasteiger partial charge < -0.3 is 10.3 Å². The van der Waals surface area contributed by atoms with Crippen molar-refractivity contribution in [2.24, 2.45) is 0 Å². The van der Waals surface area contributed by atoms with Crippen LogP contribution in [0.4, 0.5) is 0 Å². The molecule has 25 heavy (non-hydrogen) atoms. The van der Waals surface area contributed by atoms with Crippen LogP contribution in [0.1, 0.15) is 0 Å². The molecule has 5 heteroatoms. The summed E-state index contributed by atoms with van der Waals surface area (Å²) in [6.07, 6.45) is 1.56. The number of aromatic hydroxyl groups is 1. The van der Waals surface area contributed by atoms with E-state index < -0.39 is 5.56 Å². The summed E-state index contributed by atoms with van der Waals surface area (Å²) in [6, 6.07) is 20.0. The summed E-state index contributed by atoms with van der Waals surface area (Å²) in [6.45, 7) is 0. The number of nitrogens with zero attached hydrogens (tertiary/aromatic N) is 2. The molecule has 0 aliphatic heterocycles. The number of pyridine rings is 2. The van der Waals surface area contributed by atoms with Crippen molar-refractivity contribution < 1.29 is 10.3 Å². The highest BCUT2D eigenvalue weighted by Crippen LogP contribution is 2.34. The highest BCUT2D eigenvalue weighted by atomic mass is 16.5. The molecule has 0 amide bonds. The standard InChI is InChI=1S/C20H14N2O3/c23-18-16-11-15(13-7-3-1-4-8-13)12-21-19(16)22(25)20(24)17(18)14-9-5-2-6-10-14/h1-12,23,25H. The lowest BCUT2D eigenvalue weighted by Gasteiger charge is -2.11. The number of hydrogen-bond donors (Lipinski definition) is 2. The molecule has 0 bridgehead atoms. The molecule has 2 aromatic carbocycles. The average Bonchev–Trinajstić information content (AvgIpc) is 2.67. The third-order valence-corrected chi connectivity index (χ3v) is 4.14. The molecule has 2 aromatic heterocycles. The van der Waals surface area contributed by atoms with E-state index in [4.69, 9.17) is 0 Å². The highest BCUT2D eigenvalue weighted by Gasteiger charge is 2.19. The van der Waals surface area contributed by atoms with Gasteiger partial charge >= 0.3 is 0 Å². The number of benzene rings is 2. The zero-order valence-corrected chi connectivity index (χ0v) is 13.1. The van der Waals surface area contributed by atoms with Crippen LogP contribution in [0, 0.1) is 0 Å². The average molecular weight is 330 g/mol. The number of aromatic nitrogens is 2. The zero-order valence-electron chi connectivity index (χ0n) is 13.1. The van der Waals surface area contributed by atoms with E-state index in [1.54, 1.807) is 36.5 Å². The Morgan fingerprint density at radius 2 is 1.44 bits per heavy atom. The van der Waals surface area contributed by atoms with Gasteiger partial charge in [-0.15, -0.1) is 4.73 Å². The van der Waals surface area contributed by atoms with Gasteiger partial charge in [0.15, 0.2) is 5.65 Å². The van der Waals surface area contributed by atoms with Crippen LogP contribution >= 0.6 is 0 Å². The second-order valence-corrected chi connectivity index (χ2v) is 5.67. The molecule has 4 aromatic rings. The third kappa shape index (κ3) is 2.42. The fourth-order valence-electron chi connectivity index (χ4n) is 2.89. The van der Waals surface area contributed by atoms with E-state index in [9.17, 15) is 15.1 Å². The second-order valence-electron chi connectivity index (χ2n) is 5.67. The fourth-order valence-corrected chi connectivity index (χ4v) is 2.89. The lowest BCUT2D eigenvalue weighted by molar-refractivity contribution is 0.186. The van der Waals surface area contributed by atoms with Crippen molar-refractivity contribution in [3.63, 3.8) is 0 Å². The van der Waals surface area contributed by atoms with Crippen molar-refractivity contribution in [2.75, 3.05) is 0 Å². The van der Waals surface area contributed by atoms with E-state index in [0.717, 1.165) is 11.1 Å². The van der Waals surface area contributed by atoms with Gasteiger partial charge in [-0.2, -0.15) is 0 Å². The first kappa shape index (κ1) is 15.0. The molecule has 0 fully saturated rings. The molecule has 0 atom stereocenters. The van der Waals surface area contributed by atoms with Gasteiger partial charge in [0, 0.05) is 11.8 Å². The number of rotatable bonds is 2. The predicted octanol–water partition coefficient (Wildman–Crippen LogP) is 3.67. The van der Waals surface area contributed by atoms with Gasteiger partial charge in [-0.1, -0.05) is 60.7 Å². The summed E-state index contributed by atoms with van der Waals surface area (Å²) in [5.41, 5.74) is 1.58. The van der Waals surface area contributed by atoms with E-state index >= 15 is 0 Å². The molecule has 0 aliphatic carbocycles. The Morgan fingerprint density at radius 1 is 0.840 bits per heavy atom. The minimum absolute atomic E-state index is 0.0156. The van der Waals surface area contributed by atoms with E-state index in [-0.39, 0.29) is 17.0 Å². The second kappa shape index (κ2) is 5.79. The molecular formula is C20H14N2O3. The van der Waals surface area contributed by atoms with Gasteiger partial charge in [-0.3, -0.25) is 4.79 Å². The summed E-state index contributed by atoms with van der Waals surface area (Å²) < 4.78 is 0.478. The topological polar surface area (TPSA) is 75.3 Å². The van der Waals surface area contributed by atoms with Crippen LogP contribution in [0.25, 0.3) is 33.3 Å². The Bertz CT molecular complexity index is 1120. The van der Waals surface area contributed by atoms with Gasteiger partial charge in [0.1, 0.15) is 5.75 Å². The van der Waals surface area contributed by atoms with Gasteiger partial charge in [-0.05, 0) is 17.2 Å². The Kier molecular flexibility index (Phi) is 3.47. The smallest absolute Gasteiger partial charge is 0.296 e. The van der Waals surface area contributed by atoms with Crippen LogP contribution in [-0.2, 0) is 0 Å². The van der Waals surface area contributed by atoms with Crippen LogP contribution in [0.3, 0.4) is 0 Å². The van der Waals surface area contributed by atoms with Crippen LogP contribution in [-0.4, -0.2) is 20.0 Å². The van der Waals surface area contributed by atoms with Crippen molar-refractivity contribution in [2.45, 2.75) is 0 Å². The van der Waals surface area contributed by atoms with E-state index in [1.165, 1.54) is 0 Å². The van der Waals surface area contributed by atoms with E-state index in [1.807, 2.05) is 36.4 Å². The molecule has 5 nitrogen and oxygen atoms in total. The molecule has 0 spiro atoms. The van der Waals surface area contributed by atoms with Crippen LogP contribution < -0.4 is 5.56 Å². The monoisotopic (exact) mass is 330 g/mol. The minimum Gasteiger partial charge on any atom is -0.506 e. The summed E-state index contributed by atoms with van der Waals surface area (Å²) in [5, 5.41) is 21.2. The molecule has 0 unspecified atom stereocenters. The summed E-state index contributed by atoms with van der Waals surface area (Å²) in [5.74, 6) is -0.193. The van der Waals surface area contributed by atoms with Crippen molar-refractivity contribution in [3.8, 4) is 28.0 Å². The lowest BCUT2D eigenvalue weighted by atomic mass is 10.0. The van der Waals surface area contributed by atoms with E-state index in [0.29, 0.717) is 15.7 Å². The Labute approximate surface area is 143 Å². The van der Waals surface area contributed by atoms with Crippen molar-refractivity contribution in [1.29, 1.82) is 0 Å². The Morgan fingerprint density at radius 3 is 2.08 bits per heavy atom. The minimum atomic E-state index is -0.712. The summed E-state index contributed by atoms with van der Waals surface area (Å²) >= 11 is 0. The summed E-state index contributed by atoms with van der Waals surface area (Å²) in [7, 11) is 0. The molecule has 2 heterocycles. The normalized spacial score (nSPS) is 10.9. The van der Waals surface area contributed by atoms with Crippen LogP contribution in [0.2, 0.25) is 0 Å². The predicted molar refractivity (Wildman–Crippen MR) is 95.7 cm³/mol. The molecule has 0 saturated carbocycles. The number of hydrogen-bond acceptors (Lipinski definition) is 4. The summed E-state index contributed by atoms with van der Waals surface area (Å²) in [4.78, 5) is 16.6.